The van der Waals surface area contributed by atoms with Crippen LogP contribution >= 0.6 is 11.3 Å². The maximum Gasteiger partial charge on any atom is 0.0903 e. The number of aromatic nitrogens is 2. The standard InChI is InChI=1S/C8H9N3S/c9-7-5-10-11-8(7)4-6-2-1-3-12-6/h1-3,5H,4,9H2,(H,10,11). The molecule has 3 nitrogen and oxygen atoms in total. The summed E-state index contributed by atoms with van der Waals surface area (Å²) < 4.78 is 0. The molecule has 0 radical (unpaired) electrons. The van der Waals surface area contributed by atoms with E-state index in [4.69, 9.17) is 5.73 Å². The topological polar surface area (TPSA) is 54.7 Å². The summed E-state index contributed by atoms with van der Waals surface area (Å²) in [5, 5.41) is 8.84. The SMILES string of the molecule is Nc1c[nH]nc1Cc1cccs1. The molecule has 0 aromatic carbocycles. The summed E-state index contributed by atoms with van der Waals surface area (Å²) in [5.41, 5.74) is 7.34. The van der Waals surface area contributed by atoms with Crippen molar-refractivity contribution in [2.75, 3.05) is 5.73 Å². The Labute approximate surface area is 74.2 Å². The second-order valence-corrected chi connectivity index (χ2v) is 3.58. The van der Waals surface area contributed by atoms with Crippen molar-refractivity contribution in [3.63, 3.8) is 0 Å². The Kier molecular flexibility index (Phi) is 1.83. The van der Waals surface area contributed by atoms with E-state index in [-0.39, 0.29) is 0 Å². The molecule has 0 spiro atoms. The number of anilines is 1. The number of thiophene rings is 1. The summed E-state index contributed by atoms with van der Waals surface area (Å²) >= 11 is 1.72. The van der Waals surface area contributed by atoms with Gasteiger partial charge in [-0.3, -0.25) is 5.10 Å². The van der Waals surface area contributed by atoms with Gasteiger partial charge in [-0.05, 0) is 11.4 Å². The van der Waals surface area contributed by atoms with Gasteiger partial charge in [-0.15, -0.1) is 11.3 Å². The third kappa shape index (κ3) is 1.33. The number of nitrogens with two attached hydrogens (primary N) is 1. The van der Waals surface area contributed by atoms with Crippen LogP contribution in [-0.4, -0.2) is 10.2 Å². The zero-order valence-corrected chi connectivity index (χ0v) is 7.27. The molecule has 3 N–H and O–H groups in total. The quantitative estimate of drug-likeness (QED) is 0.736. The van der Waals surface area contributed by atoms with Crippen LogP contribution in [0, 0.1) is 0 Å². The minimum absolute atomic E-state index is 0.739. The molecule has 2 aromatic rings. The Balaban J connectivity index is 2.20. The Morgan fingerprint density at radius 3 is 3.08 bits per heavy atom. The summed E-state index contributed by atoms with van der Waals surface area (Å²) in [7, 11) is 0. The van der Waals surface area contributed by atoms with E-state index in [1.54, 1.807) is 17.5 Å². The third-order valence-corrected chi connectivity index (χ3v) is 2.55. The fourth-order valence-corrected chi connectivity index (χ4v) is 1.76. The monoisotopic (exact) mass is 179 g/mol. The van der Waals surface area contributed by atoms with Crippen LogP contribution in [0.15, 0.2) is 23.7 Å². The van der Waals surface area contributed by atoms with Crippen LogP contribution in [0.3, 0.4) is 0 Å². The van der Waals surface area contributed by atoms with E-state index < -0.39 is 0 Å². The number of nitrogen functional groups attached to an aromatic ring is 1. The molecule has 2 heterocycles. The van der Waals surface area contributed by atoms with Gasteiger partial charge in [-0.2, -0.15) is 5.10 Å². The van der Waals surface area contributed by atoms with E-state index in [0.717, 1.165) is 17.8 Å². The number of hydrogen-bond donors (Lipinski definition) is 2. The van der Waals surface area contributed by atoms with Gasteiger partial charge in [-0.25, -0.2) is 0 Å². The maximum absolute atomic E-state index is 5.67. The lowest BCUT2D eigenvalue weighted by Crippen LogP contribution is -1.91. The number of aromatic amines is 1. The molecule has 12 heavy (non-hydrogen) atoms. The van der Waals surface area contributed by atoms with Crippen molar-refractivity contribution < 1.29 is 0 Å². The smallest absolute Gasteiger partial charge is 0.0903 e. The molecule has 0 aliphatic carbocycles. The highest BCUT2D eigenvalue weighted by molar-refractivity contribution is 7.09. The zero-order valence-electron chi connectivity index (χ0n) is 6.45. The van der Waals surface area contributed by atoms with Gasteiger partial charge >= 0.3 is 0 Å². The van der Waals surface area contributed by atoms with Crippen LogP contribution in [-0.2, 0) is 6.42 Å². The number of nitrogens with zero attached hydrogens (tertiary/aromatic N) is 1. The summed E-state index contributed by atoms with van der Waals surface area (Å²) in [6, 6.07) is 4.11. The predicted molar refractivity (Wildman–Crippen MR) is 50.1 cm³/mol. The van der Waals surface area contributed by atoms with E-state index in [9.17, 15) is 0 Å². The van der Waals surface area contributed by atoms with Gasteiger partial charge in [0.15, 0.2) is 0 Å². The first kappa shape index (κ1) is 7.36. The molecule has 0 amide bonds. The Hall–Kier alpha value is -1.29. The average Bonchev–Trinajstić information content (AvgIpc) is 2.65. The highest BCUT2D eigenvalue weighted by Crippen LogP contribution is 2.16. The van der Waals surface area contributed by atoms with Crippen molar-refractivity contribution in [2.24, 2.45) is 0 Å². The average molecular weight is 179 g/mol. The van der Waals surface area contributed by atoms with E-state index in [0.29, 0.717) is 0 Å². The molecule has 0 aliphatic heterocycles. The van der Waals surface area contributed by atoms with E-state index in [1.165, 1.54) is 4.88 Å². The van der Waals surface area contributed by atoms with Crippen molar-refractivity contribution in [3.05, 3.63) is 34.3 Å². The number of nitrogens with one attached hydrogen (secondary N) is 1. The Morgan fingerprint density at radius 1 is 1.58 bits per heavy atom. The van der Waals surface area contributed by atoms with Crippen LogP contribution in [0.1, 0.15) is 10.6 Å². The molecule has 0 unspecified atom stereocenters. The van der Waals surface area contributed by atoms with Crippen molar-refractivity contribution in [1.29, 1.82) is 0 Å². The van der Waals surface area contributed by atoms with Gasteiger partial charge < -0.3 is 5.73 Å². The normalized spacial score (nSPS) is 10.3. The van der Waals surface area contributed by atoms with Crippen molar-refractivity contribution in [2.45, 2.75) is 6.42 Å². The van der Waals surface area contributed by atoms with Crippen LogP contribution in [0.4, 0.5) is 5.69 Å². The largest absolute Gasteiger partial charge is 0.396 e. The zero-order chi connectivity index (χ0) is 8.39. The molecular weight excluding hydrogens is 170 g/mol. The van der Waals surface area contributed by atoms with Gasteiger partial charge in [0.2, 0.25) is 0 Å². The lowest BCUT2D eigenvalue weighted by molar-refractivity contribution is 1.01. The minimum atomic E-state index is 0.739. The van der Waals surface area contributed by atoms with E-state index >= 15 is 0 Å². The molecule has 4 heteroatoms. The van der Waals surface area contributed by atoms with Crippen LogP contribution in [0.25, 0.3) is 0 Å². The molecule has 0 atom stereocenters. The lowest BCUT2D eigenvalue weighted by Gasteiger charge is -1.93. The fraction of sp³-hybridized carbons (Fsp3) is 0.125. The van der Waals surface area contributed by atoms with Crippen molar-refractivity contribution in [1.82, 2.24) is 10.2 Å². The van der Waals surface area contributed by atoms with Gasteiger partial charge in [0.05, 0.1) is 11.4 Å². The first-order chi connectivity index (χ1) is 5.86. The fourth-order valence-electron chi connectivity index (χ4n) is 1.05. The van der Waals surface area contributed by atoms with Crippen LogP contribution in [0.5, 0.6) is 0 Å². The van der Waals surface area contributed by atoms with Gasteiger partial charge in [0, 0.05) is 17.5 Å². The maximum atomic E-state index is 5.67. The Morgan fingerprint density at radius 2 is 2.50 bits per heavy atom. The van der Waals surface area contributed by atoms with Crippen LogP contribution in [0.2, 0.25) is 0 Å². The Bertz CT molecular complexity index is 350. The molecular formula is C8H9N3S. The van der Waals surface area contributed by atoms with E-state index in [2.05, 4.69) is 21.6 Å². The molecule has 0 saturated heterocycles. The molecule has 0 fully saturated rings. The number of H-pyrrole nitrogens is 1. The minimum Gasteiger partial charge on any atom is -0.396 e. The first-order valence-corrected chi connectivity index (χ1v) is 4.55. The lowest BCUT2D eigenvalue weighted by atomic mass is 10.2. The van der Waals surface area contributed by atoms with Crippen LogP contribution < -0.4 is 5.73 Å². The summed E-state index contributed by atoms with van der Waals surface area (Å²) in [5.74, 6) is 0. The summed E-state index contributed by atoms with van der Waals surface area (Å²) in [6.07, 6.45) is 2.54. The highest BCUT2D eigenvalue weighted by atomic mass is 32.1. The van der Waals surface area contributed by atoms with Gasteiger partial charge in [0.1, 0.15) is 0 Å². The molecule has 2 aromatic heterocycles. The molecule has 2 rings (SSSR count). The molecule has 62 valence electrons. The number of rotatable bonds is 2. The first-order valence-electron chi connectivity index (χ1n) is 3.67. The summed E-state index contributed by atoms with van der Waals surface area (Å²) in [4.78, 5) is 1.29. The number of hydrogen-bond acceptors (Lipinski definition) is 3. The molecule has 0 aliphatic rings. The summed E-state index contributed by atoms with van der Waals surface area (Å²) in [6.45, 7) is 0. The third-order valence-electron chi connectivity index (χ3n) is 1.67. The van der Waals surface area contributed by atoms with Gasteiger partial charge in [-0.1, -0.05) is 6.07 Å². The van der Waals surface area contributed by atoms with Crippen molar-refractivity contribution in [3.8, 4) is 0 Å². The molecule has 0 saturated carbocycles. The van der Waals surface area contributed by atoms with Gasteiger partial charge in [0.25, 0.3) is 0 Å². The second-order valence-electron chi connectivity index (χ2n) is 2.54. The highest BCUT2D eigenvalue weighted by Gasteiger charge is 2.03. The van der Waals surface area contributed by atoms with E-state index in [1.807, 2.05) is 6.07 Å². The van der Waals surface area contributed by atoms with Crippen molar-refractivity contribution >= 4 is 17.0 Å². The predicted octanol–water partition coefficient (Wildman–Crippen LogP) is 1.64. The molecule has 0 bridgehead atoms. The second kappa shape index (κ2) is 2.98.